The van der Waals surface area contributed by atoms with Crippen LogP contribution in [0.3, 0.4) is 0 Å². The van der Waals surface area contributed by atoms with E-state index < -0.39 is 0 Å². The predicted octanol–water partition coefficient (Wildman–Crippen LogP) is 4.15. The van der Waals surface area contributed by atoms with E-state index in [-0.39, 0.29) is 23.9 Å². The molecule has 0 spiro atoms. The summed E-state index contributed by atoms with van der Waals surface area (Å²) in [5, 5.41) is 6.35. The molecular formula is C28H33N5O2. The lowest BCUT2D eigenvalue weighted by atomic mass is 9.91. The average Bonchev–Trinajstić information content (AvgIpc) is 3.61. The van der Waals surface area contributed by atoms with Crippen molar-refractivity contribution in [2.75, 3.05) is 0 Å². The van der Waals surface area contributed by atoms with Crippen molar-refractivity contribution in [1.29, 1.82) is 0 Å². The summed E-state index contributed by atoms with van der Waals surface area (Å²) in [6, 6.07) is 13.5. The van der Waals surface area contributed by atoms with Gasteiger partial charge in [0.25, 0.3) is 11.8 Å². The lowest BCUT2D eigenvalue weighted by molar-refractivity contribution is 0.0914. The van der Waals surface area contributed by atoms with Crippen LogP contribution in [0.15, 0.2) is 42.5 Å². The molecule has 1 heterocycles. The van der Waals surface area contributed by atoms with Crippen molar-refractivity contribution in [3.05, 3.63) is 53.6 Å². The van der Waals surface area contributed by atoms with Crippen LogP contribution in [0.5, 0.6) is 0 Å². The first-order valence-corrected chi connectivity index (χ1v) is 13.0. The number of nitrogens with two attached hydrogens (primary N) is 1. The van der Waals surface area contributed by atoms with E-state index in [0.29, 0.717) is 28.9 Å². The molecule has 5 unspecified atom stereocenters. The number of carbonyl (C=O) groups is 2. The Morgan fingerprint density at radius 3 is 2.34 bits per heavy atom. The number of H-pyrrole nitrogens is 1. The monoisotopic (exact) mass is 471 g/mol. The highest BCUT2D eigenvalue weighted by Crippen LogP contribution is 2.44. The van der Waals surface area contributed by atoms with Crippen molar-refractivity contribution >= 4 is 22.8 Å². The number of amides is 2. The van der Waals surface area contributed by atoms with Gasteiger partial charge in [-0.2, -0.15) is 0 Å². The minimum absolute atomic E-state index is 0.00652. The van der Waals surface area contributed by atoms with E-state index in [1.165, 1.54) is 19.3 Å². The molecule has 5 N–H and O–H groups in total. The fourth-order valence-corrected chi connectivity index (χ4v) is 6.33. The minimum atomic E-state index is -0.101. The summed E-state index contributed by atoms with van der Waals surface area (Å²) < 4.78 is 0. The van der Waals surface area contributed by atoms with Crippen molar-refractivity contribution in [3.8, 4) is 11.4 Å². The Morgan fingerprint density at radius 1 is 0.857 bits per heavy atom. The van der Waals surface area contributed by atoms with Gasteiger partial charge >= 0.3 is 0 Å². The van der Waals surface area contributed by atoms with Crippen LogP contribution in [-0.2, 0) is 0 Å². The van der Waals surface area contributed by atoms with E-state index in [9.17, 15) is 9.59 Å². The molecule has 2 bridgehead atoms. The van der Waals surface area contributed by atoms with Crippen LogP contribution >= 0.6 is 0 Å². The lowest BCUT2D eigenvalue weighted by Gasteiger charge is -2.29. The van der Waals surface area contributed by atoms with Crippen LogP contribution in [0, 0.1) is 11.8 Å². The quantitative estimate of drug-likeness (QED) is 0.448. The fraction of sp³-hybridized carbons (Fsp3) is 0.464. The number of fused-ring (bicyclic) bond motifs is 3. The standard InChI is InChI=1S/C28H33N5O2/c29-21-3-1-2-4-22(21)32-28(35)20-11-12-23-25(15-20)31-26(30-23)17-7-9-18(10-8-17)27(34)33-24-14-16-5-6-19(24)13-16/h7-12,15-16,19,21-22,24H,1-6,13-14,29H2,(H,30,31)(H,32,35)(H,33,34). The van der Waals surface area contributed by atoms with E-state index >= 15 is 0 Å². The number of imidazole rings is 1. The predicted molar refractivity (Wildman–Crippen MR) is 136 cm³/mol. The number of aromatic nitrogens is 2. The maximum Gasteiger partial charge on any atom is 0.251 e. The molecule has 7 heteroatoms. The van der Waals surface area contributed by atoms with Crippen LogP contribution in [0.25, 0.3) is 22.4 Å². The third-order valence-electron chi connectivity index (χ3n) is 8.36. The summed E-state index contributed by atoms with van der Waals surface area (Å²) in [6.45, 7) is 0. The number of aromatic amines is 1. The number of nitrogens with zero attached hydrogens (tertiary/aromatic N) is 1. The molecule has 7 nitrogen and oxygen atoms in total. The maximum absolute atomic E-state index is 12.8. The first-order valence-electron chi connectivity index (χ1n) is 13.0. The van der Waals surface area contributed by atoms with Crippen LogP contribution in [-0.4, -0.2) is 39.9 Å². The van der Waals surface area contributed by atoms with E-state index in [1.807, 2.05) is 36.4 Å². The Hall–Kier alpha value is -3.19. The molecule has 5 atom stereocenters. The summed E-state index contributed by atoms with van der Waals surface area (Å²) in [6.07, 6.45) is 9.08. The molecule has 2 amide bonds. The lowest BCUT2D eigenvalue weighted by Crippen LogP contribution is -2.49. The summed E-state index contributed by atoms with van der Waals surface area (Å²) in [5.74, 6) is 2.08. The van der Waals surface area contributed by atoms with Gasteiger partial charge in [0.15, 0.2) is 0 Å². The molecule has 6 rings (SSSR count). The van der Waals surface area contributed by atoms with Gasteiger partial charge in [-0.05, 0) is 74.3 Å². The molecule has 0 saturated heterocycles. The Kier molecular flexibility index (Phi) is 5.80. The minimum Gasteiger partial charge on any atom is -0.349 e. The molecule has 3 fully saturated rings. The Labute approximate surface area is 205 Å². The van der Waals surface area contributed by atoms with Gasteiger partial charge in [0.2, 0.25) is 0 Å². The van der Waals surface area contributed by atoms with Gasteiger partial charge in [0.1, 0.15) is 5.82 Å². The number of nitrogens with one attached hydrogen (secondary N) is 3. The molecule has 3 aliphatic carbocycles. The highest BCUT2D eigenvalue weighted by atomic mass is 16.2. The van der Waals surface area contributed by atoms with Gasteiger partial charge in [-0.15, -0.1) is 0 Å². The van der Waals surface area contributed by atoms with E-state index in [1.54, 1.807) is 6.07 Å². The van der Waals surface area contributed by atoms with Gasteiger partial charge in [0, 0.05) is 34.8 Å². The van der Waals surface area contributed by atoms with Gasteiger partial charge in [-0.3, -0.25) is 9.59 Å². The number of benzene rings is 2. The van der Waals surface area contributed by atoms with Crippen LogP contribution in [0.2, 0.25) is 0 Å². The fourth-order valence-electron chi connectivity index (χ4n) is 6.33. The zero-order valence-electron chi connectivity index (χ0n) is 19.9. The number of carbonyl (C=O) groups excluding carboxylic acids is 2. The number of hydrogen-bond donors (Lipinski definition) is 4. The Balaban J connectivity index is 1.14. The molecule has 2 aromatic carbocycles. The molecule has 0 aliphatic heterocycles. The van der Waals surface area contributed by atoms with E-state index in [4.69, 9.17) is 5.73 Å². The number of rotatable bonds is 5. The maximum atomic E-state index is 12.8. The summed E-state index contributed by atoms with van der Waals surface area (Å²) in [5.41, 5.74) is 9.96. The summed E-state index contributed by atoms with van der Waals surface area (Å²) in [7, 11) is 0. The molecule has 3 aromatic rings. The third kappa shape index (κ3) is 4.45. The first kappa shape index (κ1) is 22.3. The van der Waals surface area contributed by atoms with Crippen LogP contribution in [0.1, 0.15) is 72.1 Å². The highest BCUT2D eigenvalue weighted by molar-refractivity contribution is 5.98. The van der Waals surface area contributed by atoms with Gasteiger partial charge < -0.3 is 21.4 Å². The molecular weight excluding hydrogens is 438 g/mol. The summed E-state index contributed by atoms with van der Waals surface area (Å²) >= 11 is 0. The Bertz CT molecular complexity index is 1250. The van der Waals surface area contributed by atoms with Gasteiger partial charge in [0.05, 0.1) is 11.0 Å². The molecule has 1 aromatic heterocycles. The largest absolute Gasteiger partial charge is 0.349 e. The molecule has 182 valence electrons. The van der Waals surface area contributed by atoms with Crippen molar-refractivity contribution in [2.45, 2.75) is 69.5 Å². The van der Waals surface area contributed by atoms with Crippen molar-refractivity contribution in [1.82, 2.24) is 20.6 Å². The van der Waals surface area contributed by atoms with E-state index in [0.717, 1.165) is 54.6 Å². The van der Waals surface area contributed by atoms with Crippen LogP contribution < -0.4 is 16.4 Å². The van der Waals surface area contributed by atoms with Crippen molar-refractivity contribution < 1.29 is 9.59 Å². The number of hydrogen-bond acceptors (Lipinski definition) is 4. The van der Waals surface area contributed by atoms with Gasteiger partial charge in [-0.25, -0.2) is 4.98 Å². The average molecular weight is 472 g/mol. The van der Waals surface area contributed by atoms with Crippen molar-refractivity contribution in [3.63, 3.8) is 0 Å². The molecule has 0 radical (unpaired) electrons. The molecule has 3 saturated carbocycles. The van der Waals surface area contributed by atoms with Crippen LogP contribution in [0.4, 0.5) is 0 Å². The second-order valence-electron chi connectivity index (χ2n) is 10.7. The summed E-state index contributed by atoms with van der Waals surface area (Å²) in [4.78, 5) is 33.6. The smallest absolute Gasteiger partial charge is 0.251 e. The topological polar surface area (TPSA) is 113 Å². The Morgan fingerprint density at radius 2 is 1.60 bits per heavy atom. The highest BCUT2D eigenvalue weighted by Gasteiger charge is 2.40. The first-order chi connectivity index (χ1) is 17.0. The zero-order chi connectivity index (χ0) is 23.9. The zero-order valence-corrected chi connectivity index (χ0v) is 19.9. The third-order valence-corrected chi connectivity index (χ3v) is 8.36. The second kappa shape index (κ2) is 9.11. The molecule has 35 heavy (non-hydrogen) atoms. The van der Waals surface area contributed by atoms with Gasteiger partial charge in [-0.1, -0.05) is 31.4 Å². The van der Waals surface area contributed by atoms with E-state index in [2.05, 4.69) is 20.6 Å². The van der Waals surface area contributed by atoms with Crippen molar-refractivity contribution in [2.24, 2.45) is 17.6 Å². The normalized spacial score (nSPS) is 27.7. The second-order valence-corrected chi connectivity index (χ2v) is 10.7. The molecule has 3 aliphatic rings. The SMILES string of the molecule is NC1CCCCC1NC(=O)c1ccc2nc(-c3ccc(C(=O)NC4CC5CCC4C5)cc3)[nH]c2c1.